The van der Waals surface area contributed by atoms with Gasteiger partial charge in [0.2, 0.25) is 5.91 Å². The van der Waals surface area contributed by atoms with Gasteiger partial charge in [0.1, 0.15) is 0 Å². The van der Waals surface area contributed by atoms with Gasteiger partial charge < -0.3 is 16.2 Å². The molecule has 2 aromatic rings. The van der Waals surface area contributed by atoms with Crippen LogP contribution in [0.1, 0.15) is 10.5 Å². The number of benzene rings is 1. The zero-order chi connectivity index (χ0) is 14.0. The first-order valence-electron chi connectivity index (χ1n) is 5.34. The molecule has 0 aliphatic heterocycles. The molecule has 0 radical (unpaired) electrons. The maximum Gasteiger partial charge on any atom is 0.355 e. The number of carbonyl (C=O) groups is 2. The van der Waals surface area contributed by atoms with Crippen LogP contribution in [0.5, 0.6) is 0 Å². The number of pyridine rings is 1. The molecule has 0 aliphatic rings. The van der Waals surface area contributed by atoms with E-state index in [9.17, 15) is 9.59 Å². The summed E-state index contributed by atoms with van der Waals surface area (Å²) in [6, 6.07) is 4.62. The molecule has 98 valence electrons. The van der Waals surface area contributed by atoms with E-state index in [4.69, 9.17) is 22.4 Å². The van der Waals surface area contributed by atoms with Crippen molar-refractivity contribution in [2.24, 2.45) is 5.73 Å². The summed E-state index contributed by atoms with van der Waals surface area (Å²) in [5.41, 5.74) is 5.51. The number of carboxylic acids is 1. The second-order valence-electron chi connectivity index (χ2n) is 3.77. The quantitative estimate of drug-likeness (QED) is 0.789. The van der Waals surface area contributed by atoms with E-state index in [0.29, 0.717) is 21.5 Å². The molecule has 19 heavy (non-hydrogen) atoms. The number of fused-ring (bicyclic) bond motifs is 1. The van der Waals surface area contributed by atoms with E-state index in [2.05, 4.69) is 10.3 Å². The van der Waals surface area contributed by atoms with Crippen molar-refractivity contribution >= 4 is 39.9 Å². The average Bonchev–Trinajstić information content (AvgIpc) is 2.37. The van der Waals surface area contributed by atoms with Gasteiger partial charge in [-0.2, -0.15) is 0 Å². The number of hydrogen-bond acceptors (Lipinski definition) is 4. The Balaban J connectivity index is 2.68. The summed E-state index contributed by atoms with van der Waals surface area (Å²) in [6.07, 6.45) is 1.36. The lowest BCUT2D eigenvalue weighted by molar-refractivity contribution is -0.114. The normalized spacial score (nSPS) is 10.4. The lowest BCUT2D eigenvalue weighted by Gasteiger charge is -2.10. The maximum atomic E-state index is 11.3. The van der Waals surface area contributed by atoms with Gasteiger partial charge in [0, 0.05) is 22.0 Å². The topological polar surface area (TPSA) is 105 Å². The fraction of sp³-hybridized carbons (Fsp3) is 0.0833. The Labute approximate surface area is 113 Å². The highest BCUT2D eigenvalue weighted by Crippen LogP contribution is 2.29. The number of rotatable bonds is 3. The van der Waals surface area contributed by atoms with E-state index in [1.165, 1.54) is 18.3 Å². The summed E-state index contributed by atoms with van der Waals surface area (Å²) in [5.74, 6) is -1.55. The number of carboxylic acid groups (broad SMARTS) is 1. The van der Waals surface area contributed by atoms with E-state index >= 15 is 0 Å². The van der Waals surface area contributed by atoms with Crippen LogP contribution in [-0.4, -0.2) is 28.5 Å². The summed E-state index contributed by atoms with van der Waals surface area (Å²) in [6.45, 7) is -0.176. The first-order chi connectivity index (χ1) is 9.02. The molecule has 6 nitrogen and oxygen atoms in total. The number of halogens is 1. The monoisotopic (exact) mass is 279 g/mol. The zero-order valence-corrected chi connectivity index (χ0v) is 10.4. The molecule has 2 rings (SSSR count). The Kier molecular flexibility index (Phi) is 3.64. The van der Waals surface area contributed by atoms with Crippen molar-refractivity contribution in [2.75, 3.05) is 11.9 Å². The first kappa shape index (κ1) is 13.3. The third-order valence-electron chi connectivity index (χ3n) is 2.51. The number of amides is 1. The Bertz CT molecular complexity index is 673. The minimum Gasteiger partial charge on any atom is -0.476 e. The Morgan fingerprint density at radius 1 is 1.37 bits per heavy atom. The van der Waals surface area contributed by atoms with Crippen LogP contribution in [-0.2, 0) is 4.79 Å². The van der Waals surface area contributed by atoms with Crippen LogP contribution < -0.4 is 11.1 Å². The molecule has 0 saturated heterocycles. The highest BCUT2D eigenvalue weighted by Gasteiger charge is 2.14. The fourth-order valence-corrected chi connectivity index (χ4v) is 1.94. The summed E-state index contributed by atoms with van der Waals surface area (Å²) < 4.78 is 0. The molecule has 0 fully saturated rings. The number of nitrogens with zero attached hydrogens (tertiary/aromatic N) is 1. The molecule has 4 N–H and O–H groups in total. The minimum absolute atomic E-state index is 0.122. The third kappa shape index (κ3) is 2.64. The van der Waals surface area contributed by atoms with Crippen LogP contribution in [0.2, 0.25) is 5.02 Å². The van der Waals surface area contributed by atoms with E-state index in [1.807, 2.05) is 0 Å². The molecule has 0 aliphatic carbocycles. The fourth-order valence-electron chi connectivity index (χ4n) is 1.72. The SMILES string of the molecule is NCC(=O)Nc1cc(Cl)cc2c(C(=O)O)nccc12. The first-order valence-corrected chi connectivity index (χ1v) is 5.72. The van der Waals surface area contributed by atoms with E-state index in [1.54, 1.807) is 6.07 Å². The Morgan fingerprint density at radius 2 is 2.11 bits per heavy atom. The van der Waals surface area contributed by atoms with Gasteiger partial charge in [0.25, 0.3) is 0 Å². The number of anilines is 1. The smallest absolute Gasteiger partial charge is 0.355 e. The van der Waals surface area contributed by atoms with Crippen molar-refractivity contribution in [3.8, 4) is 0 Å². The van der Waals surface area contributed by atoms with Crippen LogP contribution in [0.4, 0.5) is 5.69 Å². The molecule has 1 aromatic carbocycles. The van der Waals surface area contributed by atoms with Crippen molar-refractivity contribution in [3.63, 3.8) is 0 Å². The van der Waals surface area contributed by atoms with Crippen LogP contribution in [0.3, 0.4) is 0 Å². The molecule has 7 heteroatoms. The van der Waals surface area contributed by atoms with Crippen molar-refractivity contribution in [1.82, 2.24) is 4.98 Å². The van der Waals surface area contributed by atoms with Gasteiger partial charge in [-0.25, -0.2) is 9.78 Å². The van der Waals surface area contributed by atoms with Gasteiger partial charge in [-0.3, -0.25) is 4.79 Å². The highest BCUT2D eigenvalue weighted by atomic mass is 35.5. The molecule has 1 amide bonds. The summed E-state index contributed by atoms with van der Waals surface area (Å²) in [7, 11) is 0. The molecule has 0 atom stereocenters. The number of carbonyl (C=O) groups excluding carboxylic acids is 1. The second kappa shape index (κ2) is 5.21. The van der Waals surface area contributed by atoms with Gasteiger partial charge in [-0.15, -0.1) is 0 Å². The van der Waals surface area contributed by atoms with Crippen molar-refractivity contribution in [1.29, 1.82) is 0 Å². The summed E-state index contributed by atoms with van der Waals surface area (Å²) in [4.78, 5) is 26.2. The van der Waals surface area contributed by atoms with E-state index in [-0.39, 0.29) is 12.2 Å². The summed E-state index contributed by atoms with van der Waals surface area (Å²) in [5, 5.41) is 12.9. The predicted molar refractivity (Wildman–Crippen MR) is 71.4 cm³/mol. The molecule has 1 heterocycles. The van der Waals surface area contributed by atoms with Gasteiger partial charge in [0.05, 0.1) is 12.2 Å². The number of nitrogens with one attached hydrogen (secondary N) is 1. The van der Waals surface area contributed by atoms with Gasteiger partial charge in [-0.05, 0) is 18.2 Å². The standard InChI is InChI=1S/C12H10ClN3O3/c13-6-3-8-7(1-2-15-11(8)12(18)19)9(4-6)16-10(17)5-14/h1-4H,5,14H2,(H,16,17)(H,18,19). The van der Waals surface area contributed by atoms with Crippen LogP contribution in [0, 0.1) is 0 Å². The third-order valence-corrected chi connectivity index (χ3v) is 2.73. The van der Waals surface area contributed by atoms with Gasteiger partial charge >= 0.3 is 5.97 Å². The van der Waals surface area contributed by atoms with Crippen molar-refractivity contribution < 1.29 is 14.7 Å². The summed E-state index contributed by atoms with van der Waals surface area (Å²) >= 11 is 5.92. The Hall–Kier alpha value is -2.18. The molecular formula is C12H10ClN3O3. The molecule has 0 spiro atoms. The maximum absolute atomic E-state index is 11.3. The predicted octanol–water partition coefficient (Wildman–Crippen LogP) is 1.48. The van der Waals surface area contributed by atoms with Gasteiger partial charge in [0.15, 0.2) is 5.69 Å². The van der Waals surface area contributed by atoms with E-state index in [0.717, 1.165) is 0 Å². The molecular weight excluding hydrogens is 270 g/mol. The minimum atomic E-state index is -1.16. The highest BCUT2D eigenvalue weighted by molar-refractivity contribution is 6.32. The lowest BCUT2D eigenvalue weighted by Crippen LogP contribution is -2.22. The largest absolute Gasteiger partial charge is 0.476 e. The van der Waals surface area contributed by atoms with Crippen LogP contribution in [0.15, 0.2) is 24.4 Å². The van der Waals surface area contributed by atoms with Crippen LogP contribution in [0.25, 0.3) is 10.8 Å². The van der Waals surface area contributed by atoms with E-state index < -0.39 is 11.9 Å². The number of nitrogens with two attached hydrogens (primary N) is 1. The lowest BCUT2D eigenvalue weighted by atomic mass is 10.1. The molecule has 0 unspecified atom stereocenters. The van der Waals surface area contributed by atoms with Crippen LogP contribution >= 0.6 is 11.6 Å². The number of aromatic carboxylic acids is 1. The van der Waals surface area contributed by atoms with Crippen molar-refractivity contribution in [2.45, 2.75) is 0 Å². The Morgan fingerprint density at radius 3 is 2.74 bits per heavy atom. The average molecular weight is 280 g/mol. The van der Waals surface area contributed by atoms with Gasteiger partial charge in [-0.1, -0.05) is 11.6 Å². The number of hydrogen-bond donors (Lipinski definition) is 3. The second-order valence-corrected chi connectivity index (χ2v) is 4.20. The zero-order valence-electron chi connectivity index (χ0n) is 9.68. The molecule has 0 saturated carbocycles. The molecule has 1 aromatic heterocycles. The van der Waals surface area contributed by atoms with Crippen molar-refractivity contribution in [3.05, 3.63) is 35.1 Å². The number of aromatic nitrogens is 1. The molecule has 0 bridgehead atoms.